The molecule has 0 spiro atoms. The first-order valence-electron chi connectivity index (χ1n) is 10.9. The summed E-state index contributed by atoms with van der Waals surface area (Å²) >= 11 is 7.51. The van der Waals surface area contributed by atoms with E-state index in [1.54, 1.807) is 6.20 Å². The number of benzene rings is 1. The van der Waals surface area contributed by atoms with Crippen LogP contribution in [-0.4, -0.2) is 81.5 Å². The minimum Gasteiger partial charge on any atom is -0.353 e. The second-order valence-corrected chi connectivity index (χ2v) is 9.52. The summed E-state index contributed by atoms with van der Waals surface area (Å²) in [5, 5.41) is 10.2. The maximum atomic E-state index is 12.9. The third kappa shape index (κ3) is 5.48. The van der Waals surface area contributed by atoms with Crippen molar-refractivity contribution in [1.82, 2.24) is 29.5 Å². The first-order valence-corrected chi connectivity index (χ1v) is 12.2. The van der Waals surface area contributed by atoms with Crippen molar-refractivity contribution in [3.05, 3.63) is 59.5 Å². The number of carbonyl (C=O) groups excluding carboxylic acids is 1. The highest BCUT2D eigenvalue weighted by atomic mass is 35.5. The van der Waals surface area contributed by atoms with Gasteiger partial charge in [0, 0.05) is 43.1 Å². The third-order valence-electron chi connectivity index (χ3n) is 5.82. The molecular weight excluding hydrogens is 458 g/mol. The van der Waals surface area contributed by atoms with Gasteiger partial charge in [-0.3, -0.25) is 14.3 Å². The SMILES string of the molecule is CC(c1nnc(SCC(=O)N2CCN(c3ccccn3)CC2)n1-c1ccc(Cl)cc1)N(C)C. The van der Waals surface area contributed by atoms with Gasteiger partial charge < -0.3 is 9.80 Å². The number of rotatable bonds is 7. The van der Waals surface area contributed by atoms with Crippen molar-refractivity contribution in [2.45, 2.75) is 18.1 Å². The van der Waals surface area contributed by atoms with Crippen LogP contribution in [0.5, 0.6) is 0 Å². The van der Waals surface area contributed by atoms with Crippen LogP contribution >= 0.6 is 23.4 Å². The molecule has 1 aromatic carbocycles. The summed E-state index contributed by atoms with van der Waals surface area (Å²) in [6, 6.07) is 13.5. The van der Waals surface area contributed by atoms with Gasteiger partial charge in [0.2, 0.25) is 5.91 Å². The maximum absolute atomic E-state index is 12.9. The third-order valence-corrected chi connectivity index (χ3v) is 6.99. The van der Waals surface area contributed by atoms with Gasteiger partial charge >= 0.3 is 0 Å². The Balaban J connectivity index is 1.44. The Morgan fingerprint density at radius 3 is 2.45 bits per heavy atom. The van der Waals surface area contributed by atoms with Gasteiger partial charge in [0.1, 0.15) is 5.82 Å². The van der Waals surface area contributed by atoms with Crippen LogP contribution in [0.1, 0.15) is 18.8 Å². The minimum absolute atomic E-state index is 0.0536. The minimum atomic E-state index is 0.0536. The summed E-state index contributed by atoms with van der Waals surface area (Å²) in [6.07, 6.45) is 1.80. The standard InChI is InChI=1S/C23H28ClN7OS/c1-17(28(2)3)22-26-27-23(31(22)19-9-7-18(24)8-10-19)33-16-21(32)30-14-12-29(13-15-30)20-6-4-5-11-25-20/h4-11,17H,12-16H2,1-3H3. The van der Waals surface area contributed by atoms with Crippen LogP contribution in [0.4, 0.5) is 5.82 Å². The molecule has 4 rings (SSSR count). The maximum Gasteiger partial charge on any atom is 0.233 e. The Kier molecular flexibility index (Phi) is 7.52. The van der Waals surface area contributed by atoms with Crippen molar-refractivity contribution in [3.63, 3.8) is 0 Å². The molecular formula is C23H28ClN7OS. The predicted molar refractivity (Wildman–Crippen MR) is 132 cm³/mol. The van der Waals surface area contributed by atoms with Crippen LogP contribution in [0.15, 0.2) is 53.8 Å². The van der Waals surface area contributed by atoms with Crippen LogP contribution in [-0.2, 0) is 4.79 Å². The molecule has 1 aliphatic rings. The largest absolute Gasteiger partial charge is 0.353 e. The number of thioether (sulfide) groups is 1. The van der Waals surface area contributed by atoms with Gasteiger partial charge in [0.15, 0.2) is 11.0 Å². The van der Waals surface area contributed by atoms with Crippen molar-refractivity contribution in [2.75, 3.05) is 50.9 Å². The fraction of sp³-hybridized carbons (Fsp3) is 0.391. The molecule has 3 aromatic rings. The number of anilines is 1. The van der Waals surface area contributed by atoms with Crippen LogP contribution in [0, 0.1) is 0 Å². The van der Waals surface area contributed by atoms with Crippen LogP contribution in [0.2, 0.25) is 5.02 Å². The smallest absolute Gasteiger partial charge is 0.233 e. The first-order chi connectivity index (χ1) is 15.9. The zero-order chi connectivity index (χ0) is 23.4. The Bertz CT molecular complexity index is 1070. The molecule has 1 unspecified atom stereocenters. The summed E-state index contributed by atoms with van der Waals surface area (Å²) in [7, 11) is 4.01. The number of carbonyl (C=O) groups is 1. The molecule has 2 aromatic heterocycles. The summed E-state index contributed by atoms with van der Waals surface area (Å²) in [5.74, 6) is 2.19. The monoisotopic (exact) mass is 485 g/mol. The van der Waals surface area contributed by atoms with E-state index < -0.39 is 0 Å². The Morgan fingerprint density at radius 1 is 1.09 bits per heavy atom. The molecule has 1 atom stereocenters. The highest BCUT2D eigenvalue weighted by Gasteiger charge is 2.24. The van der Waals surface area contributed by atoms with Gasteiger partial charge in [-0.2, -0.15) is 0 Å². The number of aromatic nitrogens is 4. The van der Waals surface area contributed by atoms with Gasteiger partial charge in [0.05, 0.1) is 11.8 Å². The molecule has 0 saturated carbocycles. The number of hydrogen-bond acceptors (Lipinski definition) is 7. The van der Waals surface area contributed by atoms with Crippen molar-refractivity contribution >= 4 is 35.1 Å². The Morgan fingerprint density at radius 2 is 1.82 bits per heavy atom. The van der Waals surface area contributed by atoms with E-state index in [2.05, 4.69) is 31.9 Å². The van der Waals surface area contributed by atoms with E-state index in [-0.39, 0.29) is 11.9 Å². The Labute approximate surface area is 203 Å². The zero-order valence-electron chi connectivity index (χ0n) is 19.1. The van der Waals surface area contributed by atoms with Crippen molar-refractivity contribution < 1.29 is 4.79 Å². The average molecular weight is 486 g/mol. The topological polar surface area (TPSA) is 70.4 Å². The normalized spacial score (nSPS) is 15.2. The summed E-state index contributed by atoms with van der Waals surface area (Å²) in [4.78, 5) is 23.6. The number of piperazine rings is 1. The fourth-order valence-electron chi connectivity index (χ4n) is 3.65. The predicted octanol–water partition coefficient (Wildman–Crippen LogP) is 3.38. The van der Waals surface area contributed by atoms with Crippen LogP contribution in [0.25, 0.3) is 5.69 Å². The lowest BCUT2D eigenvalue weighted by molar-refractivity contribution is -0.128. The highest BCUT2D eigenvalue weighted by Crippen LogP contribution is 2.28. The summed E-state index contributed by atoms with van der Waals surface area (Å²) < 4.78 is 2.01. The van der Waals surface area contributed by atoms with E-state index >= 15 is 0 Å². The fourth-order valence-corrected chi connectivity index (χ4v) is 4.64. The molecule has 3 heterocycles. The van der Waals surface area contributed by atoms with E-state index in [9.17, 15) is 4.79 Å². The molecule has 10 heteroatoms. The summed E-state index contributed by atoms with van der Waals surface area (Å²) in [6.45, 7) is 5.00. The first kappa shape index (κ1) is 23.5. The van der Waals surface area contributed by atoms with Gasteiger partial charge in [-0.25, -0.2) is 4.98 Å². The number of amides is 1. The lowest BCUT2D eigenvalue weighted by Gasteiger charge is -2.35. The molecule has 0 bridgehead atoms. The van der Waals surface area contributed by atoms with Crippen molar-refractivity contribution in [1.29, 1.82) is 0 Å². The van der Waals surface area contributed by atoms with E-state index in [4.69, 9.17) is 11.6 Å². The molecule has 1 fully saturated rings. The Hall–Kier alpha value is -2.62. The van der Waals surface area contributed by atoms with E-state index in [0.717, 1.165) is 30.4 Å². The van der Waals surface area contributed by atoms with E-state index in [0.29, 0.717) is 29.0 Å². The number of nitrogens with zero attached hydrogens (tertiary/aromatic N) is 7. The lowest BCUT2D eigenvalue weighted by Crippen LogP contribution is -2.49. The second-order valence-electron chi connectivity index (χ2n) is 8.14. The molecule has 174 valence electrons. The van der Waals surface area contributed by atoms with Gasteiger partial charge in [-0.05, 0) is 57.4 Å². The van der Waals surface area contributed by atoms with Crippen LogP contribution < -0.4 is 4.90 Å². The molecule has 1 aliphatic heterocycles. The van der Waals surface area contributed by atoms with Gasteiger partial charge in [-0.1, -0.05) is 29.4 Å². The quantitative estimate of drug-likeness (QED) is 0.475. The highest BCUT2D eigenvalue weighted by molar-refractivity contribution is 7.99. The molecule has 0 N–H and O–H groups in total. The van der Waals surface area contributed by atoms with Crippen molar-refractivity contribution in [2.24, 2.45) is 0 Å². The van der Waals surface area contributed by atoms with Crippen LogP contribution in [0.3, 0.4) is 0 Å². The molecule has 1 saturated heterocycles. The molecule has 0 aliphatic carbocycles. The van der Waals surface area contributed by atoms with Crippen molar-refractivity contribution in [3.8, 4) is 5.69 Å². The summed E-state index contributed by atoms with van der Waals surface area (Å²) in [5.41, 5.74) is 0.923. The van der Waals surface area contributed by atoms with Gasteiger partial charge in [0.25, 0.3) is 0 Å². The second kappa shape index (κ2) is 10.5. The molecule has 8 nitrogen and oxygen atoms in total. The number of halogens is 1. The van der Waals surface area contributed by atoms with E-state index in [1.807, 2.05) is 66.0 Å². The lowest BCUT2D eigenvalue weighted by atomic mass is 10.2. The average Bonchev–Trinajstić information content (AvgIpc) is 3.27. The molecule has 1 amide bonds. The van der Waals surface area contributed by atoms with E-state index in [1.165, 1.54) is 11.8 Å². The molecule has 0 radical (unpaired) electrons. The molecule has 33 heavy (non-hydrogen) atoms. The van der Waals surface area contributed by atoms with Gasteiger partial charge in [-0.15, -0.1) is 10.2 Å². The number of hydrogen-bond donors (Lipinski definition) is 0. The number of pyridine rings is 1. The zero-order valence-corrected chi connectivity index (χ0v) is 20.6.